The molecule has 16 heteroatoms. The number of nitrogens with one attached hydrogen (secondary N) is 4. The predicted octanol–water partition coefficient (Wildman–Crippen LogP) is 1.81. The van der Waals surface area contributed by atoms with Crippen LogP contribution in [0.4, 0.5) is 5.13 Å². The molecule has 0 bridgehead atoms. The number of H-pyrrole nitrogens is 1. The van der Waals surface area contributed by atoms with E-state index in [9.17, 15) is 19.2 Å². The van der Waals surface area contributed by atoms with E-state index in [2.05, 4.69) is 36.0 Å². The summed E-state index contributed by atoms with van der Waals surface area (Å²) in [6.07, 6.45) is 1.61. The zero-order valence-corrected chi connectivity index (χ0v) is 25.4. The first kappa shape index (κ1) is 31.1. The maximum atomic E-state index is 13.3. The van der Waals surface area contributed by atoms with Gasteiger partial charge in [0.1, 0.15) is 23.3 Å². The Morgan fingerprint density at radius 2 is 1.98 bits per heavy atom. The second kappa shape index (κ2) is 14.9. The van der Waals surface area contributed by atoms with Crippen molar-refractivity contribution in [3.8, 4) is 5.75 Å². The van der Waals surface area contributed by atoms with Crippen LogP contribution in [-0.4, -0.2) is 102 Å². The molecule has 0 unspecified atom stereocenters. The van der Waals surface area contributed by atoms with Crippen molar-refractivity contribution in [1.29, 1.82) is 0 Å². The summed E-state index contributed by atoms with van der Waals surface area (Å²) in [5.74, 6) is -1.62. The second-order valence-corrected chi connectivity index (χ2v) is 11.6. The highest BCUT2D eigenvalue weighted by Gasteiger charge is 2.27. The monoisotopic (exact) mass is 641 g/mol. The van der Waals surface area contributed by atoms with Gasteiger partial charge in [0.25, 0.3) is 17.7 Å². The summed E-state index contributed by atoms with van der Waals surface area (Å²) >= 11 is 2.21. The number of esters is 1. The van der Waals surface area contributed by atoms with Gasteiger partial charge in [0.15, 0.2) is 11.7 Å². The number of morpholine rings is 1. The molecule has 14 nitrogen and oxygen atoms in total. The summed E-state index contributed by atoms with van der Waals surface area (Å²) < 4.78 is 16.5. The molecule has 1 aromatic carbocycles. The Kier molecular flexibility index (Phi) is 10.5. The molecule has 1 aliphatic heterocycles. The lowest BCUT2D eigenvalue weighted by molar-refractivity contribution is -0.146. The van der Waals surface area contributed by atoms with E-state index in [1.54, 1.807) is 42.8 Å². The van der Waals surface area contributed by atoms with Gasteiger partial charge in [-0.25, -0.2) is 9.78 Å². The highest BCUT2D eigenvalue weighted by molar-refractivity contribution is 7.17. The Hall–Kier alpha value is -4.38. The summed E-state index contributed by atoms with van der Waals surface area (Å²) in [5, 5.41) is 17.5. The molecule has 3 amide bonds. The molecule has 3 aromatic heterocycles. The normalized spacial score (nSPS) is 14.1. The summed E-state index contributed by atoms with van der Waals surface area (Å²) in [4.78, 5) is 58.4. The minimum Gasteiger partial charge on any atom is -0.483 e. The van der Waals surface area contributed by atoms with Crippen molar-refractivity contribution in [2.75, 3.05) is 57.9 Å². The number of hydrogen-bond acceptors (Lipinski definition) is 12. The van der Waals surface area contributed by atoms with Crippen LogP contribution in [0.2, 0.25) is 0 Å². The summed E-state index contributed by atoms with van der Waals surface area (Å²) in [5.41, 5.74) is 1.13. The van der Waals surface area contributed by atoms with Crippen molar-refractivity contribution in [3.05, 3.63) is 57.4 Å². The molecule has 0 radical (unpaired) electrons. The van der Waals surface area contributed by atoms with Gasteiger partial charge in [0, 0.05) is 26.2 Å². The molecule has 4 aromatic rings. The average Bonchev–Trinajstić information content (AvgIpc) is 3.80. The van der Waals surface area contributed by atoms with Crippen LogP contribution >= 0.6 is 22.7 Å². The highest BCUT2D eigenvalue weighted by atomic mass is 32.1. The lowest BCUT2D eigenvalue weighted by atomic mass is 10.2. The Morgan fingerprint density at radius 3 is 2.77 bits per heavy atom. The molecule has 1 fully saturated rings. The number of benzene rings is 1. The van der Waals surface area contributed by atoms with Crippen LogP contribution in [-0.2, 0) is 19.1 Å². The van der Waals surface area contributed by atoms with Crippen molar-refractivity contribution >= 4 is 62.4 Å². The molecule has 0 aliphatic carbocycles. The predicted molar refractivity (Wildman–Crippen MR) is 163 cm³/mol. The van der Waals surface area contributed by atoms with Crippen molar-refractivity contribution < 1.29 is 33.4 Å². The van der Waals surface area contributed by atoms with E-state index in [4.69, 9.17) is 14.2 Å². The van der Waals surface area contributed by atoms with Gasteiger partial charge < -0.3 is 24.8 Å². The van der Waals surface area contributed by atoms with Crippen molar-refractivity contribution in [3.63, 3.8) is 0 Å². The number of carbonyl (C=O) groups excluding carboxylic acids is 4. The summed E-state index contributed by atoms with van der Waals surface area (Å²) in [6.45, 7) is 4.51. The van der Waals surface area contributed by atoms with Gasteiger partial charge in [-0.1, -0.05) is 23.5 Å². The van der Waals surface area contributed by atoms with Gasteiger partial charge in [0.05, 0.1) is 40.9 Å². The van der Waals surface area contributed by atoms with Gasteiger partial charge in [-0.05, 0) is 30.5 Å². The Morgan fingerprint density at radius 1 is 1.14 bits per heavy atom. The molecule has 0 saturated carbocycles. The molecule has 1 saturated heterocycles. The zero-order valence-electron chi connectivity index (χ0n) is 23.8. The topological polar surface area (TPSA) is 177 Å². The van der Waals surface area contributed by atoms with E-state index in [-0.39, 0.29) is 35.7 Å². The van der Waals surface area contributed by atoms with Crippen LogP contribution in [0.5, 0.6) is 5.75 Å². The number of aromatic amines is 1. The number of thiophene rings is 1. The smallest absolute Gasteiger partial charge is 0.330 e. The standard InChI is InChI=1S/C28H31N7O7S2/c1-17-24(44-28(31-17)33-23(36)16-42-21-5-2-4-19-18(21)14-30-34-19)26(38)32-20(15-29-25(37)22-6-3-13-43-22)27(39)41-12-9-35-7-10-40-11-8-35/h2-6,13-14,20H,7-12,15-16H2,1H3,(H,29,37)(H,30,34)(H,32,38)(H,31,33,36)/t20-/m0/s1. The third-order valence-electron chi connectivity index (χ3n) is 6.61. The lowest BCUT2D eigenvalue weighted by Gasteiger charge is -2.26. The lowest BCUT2D eigenvalue weighted by Crippen LogP contribution is -2.49. The molecule has 5 rings (SSSR count). The molecule has 4 heterocycles. The van der Waals surface area contributed by atoms with E-state index in [1.807, 2.05) is 6.07 Å². The van der Waals surface area contributed by atoms with Crippen LogP contribution in [0.15, 0.2) is 41.9 Å². The molecule has 1 atom stereocenters. The third-order valence-corrected chi connectivity index (χ3v) is 8.55. The third kappa shape index (κ3) is 8.16. The van der Waals surface area contributed by atoms with Crippen LogP contribution in [0.25, 0.3) is 10.9 Å². The molecule has 44 heavy (non-hydrogen) atoms. The number of rotatable bonds is 13. The second-order valence-electron chi connectivity index (χ2n) is 9.69. The van der Waals surface area contributed by atoms with Gasteiger partial charge in [-0.2, -0.15) is 5.10 Å². The van der Waals surface area contributed by atoms with Crippen LogP contribution in [0, 0.1) is 6.92 Å². The quantitative estimate of drug-likeness (QED) is 0.158. The van der Waals surface area contributed by atoms with Gasteiger partial charge in [0.2, 0.25) is 0 Å². The molecule has 1 aliphatic rings. The number of thiazole rings is 1. The number of aromatic nitrogens is 3. The van der Waals surface area contributed by atoms with Crippen LogP contribution in [0.3, 0.4) is 0 Å². The molecular weight excluding hydrogens is 610 g/mol. The number of aryl methyl sites for hydroxylation is 1. The van der Waals surface area contributed by atoms with E-state index in [1.165, 1.54) is 11.3 Å². The number of amides is 3. The summed E-state index contributed by atoms with van der Waals surface area (Å²) in [7, 11) is 0. The molecule has 0 spiro atoms. The van der Waals surface area contributed by atoms with Crippen molar-refractivity contribution in [2.24, 2.45) is 0 Å². The minimum atomic E-state index is -1.16. The first-order chi connectivity index (χ1) is 21.4. The summed E-state index contributed by atoms with van der Waals surface area (Å²) in [6, 6.07) is 7.60. The maximum absolute atomic E-state index is 13.3. The van der Waals surface area contributed by atoms with Gasteiger partial charge in [-0.15, -0.1) is 11.3 Å². The first-order valence-electron chi connectivity index (χ1n) is 13.8. The first-order valence-corrected chi connectivity index (χ1v) is 15.5. The number of carbonyl (C=O) groups is 4. The van der Waals surface area contributed by atoms with E-state index in [0.29, 0.717) is 36.1 Å². The minimum absolute atomic E-state index is 0.122. The largest absolute Gasteiger partial charge is 0.483 e. The van der Waals surface area contributed by atoms with Gasteiger partial charge in [-0.3, -0.25) is 29.7 Å². The number of ether oxygens (including phenoxy) is 3. The van der Waals surface area contributed by atoms with Crippen molar-refractivity contribution in [2.45, 2.75) is 13.0 Å². The average molecular weight is 642 g/mol. The maximum Gasteiger partial charge on any atom is 0.330 e. The Bertz CT molecular complexity index is 1600. The highest BCUT2D eigenvalue weighted by Crippen LogP contribution is 2.25. The zero-order chi connectivity index (χ0) is 30.9. The van der Waals surface area contributed by atoms with E-state index >= 15 is 0 Å². The molecule has 4 N–H and O–H groups in total. The number of hydrogen-bond donors (Lipinski definition) is 4. The SMILES string of the molecule is Cc1nc(NC(=O)COc2cccc3[nH]ncc23)sc1C(=O)N[C@@H](CNC(=O)c1cccs1)C(=O)OCCN1CCOCC1. The van der Waals surface area contributed by atoms with Crippen LogP contribution < -0.4 is 20.7 Å². The fourth-order valence-corrected chi connectivity index (χ4v) is 5.86. The Labute approximate surface area is 260 Å². The fraction of sp³-hybridized carbons (Fsp3) is 0.357. The number of nitrogens with zero attached hydrogens (tertiary/aromatic N) is 3. The van der Waals surface area contributed by atoms with Crippen molar-refractivity contribution in [1.82, 2.24) is 30.7 Å². The number of anilines is 1. The van der Waals surface area contributed by atoms with Crippen LogP contribution in [0.1, 0.15) is 25.0 Å². The Balaban J connectivity index is 1.18. The van der Waals surface area contributed by atoms with Gasteiger partial charge >= 0.3 is 5.97 Å². The molecular formula is C28H31N7O7S2. The molecule has 232 valence electrons. The van der Waals surface area contributed by atoms with E-state index in [0.717, 1.165) is 35.3 Å². The van der Waals surface area contributed by atoms with E-state index < -0.39 is 23.8 Å². The fourth-order valence-electron chi connectivity index (χ4n) is 4.33. The number of fused-ring (bicyclic) bond motifs is 1.